The zero-order valence-corrected chi connectivity index (χ0v) is 8.44. The highest BCUT2D eigenvalue weighted by Crippen LogP contribution is 2.35. The zero-order valence-electron chi connectivity index (χ0n) is 8.44. The average Bonchev–Trinajstić information content (AvgIpc) is 2.28. The Morgan fingerprint density at radius 3 is 2.62 bits per heavy atom. The van der Waals surface area contributed by atoms with Gasteiger partial charge in [0.25, 0.3) is 11.6 Å². The number of hydrogen-bond acceptors (Lipinski definition) is 4. The van der Waals surface area contributed by atoms with Crippen molar-refractivity contribution in [2.45, 2.75) is 5.92 Å². The lowest BCUT2D eigenvalue weighted by atomic mass is 10.1. The standard InChI is InChI=1S/C9H10F2N2O3/c1-16-6-2-3-7(9(10,11)5-12)8(4-6)13(14)15/h2-4H,5,12H2,1H3. The Balaban J connectivity index is 3.34. The van der Waals surface area contributed by atoms with Crippen molar-refractivity contribution < 1.29 is 18.4 Å². The van der Waals surface area contributed by atoms with E-state index in [1.165, 1.54) is 13.2 Å². The maximum atomic E-state index is 13.3. The van der Waals surface area contributed by atoms with Gasteiger partial charge in [0, 0.05) is 0 Å². The number of nitro benzene ring substituents is 1. The number of rotatable bonds is 4. The van der Waals surface area contributed by atoms with Crippen LogP contribution < -0.4 is 10.5 Å². The van der Waals surface area contributed by atoms with Crippen molar-refractivity contribution in [3.63, 3.8) is 0 Å². The molecule has 16 heavy (non-hydrogen) atoms. The third-order valence-corrected chi connectivity index (χ3v) is 2.05. The molecule has 0 atom stereocenters. The van der Waals surface area contributed by atoms with E-state index in [0.29, 0.717) is 0 Å². The first kappa shape index (κ1) is 12.3. The van der Waals surface area contributed by atoms with E-state index < -0.39 is 28.6 Å². The third kappa shape index (κ3) is 2.25. The van der Waals surface area contributed by atoms with Gasteiger partial charge >= 0.3 is 0 Å². The molecule has 7 heteroatoms. The first-order valence-corrected chi connectivity index (χ1v) is 4.33. The van der Waals surface area contributed by atoms with Gasteiger partial charge in [0.15, 0.2) is 0 Å². The number of hydrogen-bond donors (Lipinski definition) is 1. The highest BCUT2D eigenvalue weighted by atomic mass is 19.3. The van der Waals surface area contributed by atoms with Crippen molar-refractivity contribution in [3.05, 3.63) is 33.9 Å². The lowest BCUT2D eigenvalue weighted by Gasteiger charge is -2.14. The van der Waals surface area contributed by atoms with Crippen molar-refractivity contribution >= 4 is 5.69 Å². The summed E-state index contributed by atoms with van der Waals surface area (Å²) in [4.78, 5) is 9.74. The highest BCUT2D eigenvalue weighted by molar-refractivity contribution is 5.48. The molecule has 0 aromatic heterocycles. The van der Waals surface area contributed by atoms with E-state index in [-0.39, 0.29) is 5.75 Å². The molecule has 0 bridgehead atoms. The summed E-state index contributed by atoms with van der Waals surface area (Å²) in [6, 6.07) is 3.12. The number of ether oxygens (including phenoxy) is 1. The number of nitrogens with zero attached hydrogens (tertiary/aromatic N) is 1. The summed E-state index contributed by atoms with van der Waals surface area (Å²) in [6.07, 6.45) is 0. The summed E-state index contributed by atoms with van der Waals surface area (Å²) in [5, 5.41) is 10.6. The molecule has 0 saturated carbocycles. The van der Waals surface area contributed by atoms with Gasteiger partial charge in [0.1, 0.15) is 11.3 Å². The predicted molar refractivity (Wildman–Crippen MR) is 52.6 cm³/mol. The van der Waals surface area contributed by atoms with E-state index in [1.54, 1.807) is 0 Å². The molecule has 1 aromatic rings. The topological polar surface area (TPSA) is 78.4 Å². The van der Waals surface area contributed by atoms with Crippen LogP contribution in [0.5, 0.6) is 5.75 Å². The fourth-order valence-corrected chi connectivity index (χ4v) is 1.21. The minimum absolute atomic E-state index is 0.142. The van der Waals surface area contributed by atoms with Crippen LogP contribution >= 0.6 is 0 Å². The largest absolute Gasteiger partial charge is 0.497 e. The quantitative estimate of drug-likeness (QED) is 0.632. The summed E-state index contributed by atoms with van der Waals surface area (Å²) in [5.41, 5.74) is 3.47. The van der Waals surface area contributed by atoms with Gasteiger partial charge in [-0.2, -0.15) is 8.78 Å². The van der Waals surface area contributed by atoms with Gasteiger partial charge in [-0.15, -0.1) is 0 Å². The number of nitrogens with two attached hydrogens (primary N) is 1. The van der Waals surface area contributed by atoms with Crippen LogP contribution in [0, 0.1) is 10.1 Å². The third-order valence-electron chi connectivity index (χ3n) is 2.05. The molecule has 0 spiro atoms. The van der Waals surface area contributed by atoms with Gasteiger partial charge in [-0.05, 0) is 12.1 Å². The van der Waals surface area contributed by atoms with E-state index in [0.717, 1.165) is 12.1 Å². The number of nitro groups is 1. The van der Waals surface area contributed by atoms with Crippen LogP contribution in [0.15, 0.2) is 18.2 Å². The summed E-state index contributed by atoms with van der Waals surface area (Å²) in [6.45, 7) is -0.986. The predicted octanol–water partition coefficient (Wildman–Crippen LogP) is 1.65. The molecule has 0 fully saturated rings. The normalized spacial score (nSPS) is 11.2. The number of benzene rings is 1. The zero-order chi connectivity index (χ0) is 12.3. The van der Waals surface area contributed by atoms with Crippen molar-refractivity contribution in [1.29, 1.82) is 0 Å². The summed E-state index contributed by atoms with van der Waals surface area (Å²) in [5.74, 6) is -3.28. The Bertz CT molecular complexity index is 410. The molecule has 88 valence electrons. The minimum Gasteiger partial charge on any atom is -0.497 e. The van der Waals surface area contributed by atoms with Crippen LogP contribution in [-0.4, -0.2) is 18.6 Å². The van der Waals surface area contributed by atoms with Crippen LogP contribution in [0.3, 0.4) is 0 Å². The Kier molecular flexibility index (Phi) is 3.38. The van der Waals surface area contributed by atoms with Crippen LogP contribution in [0.4, 0.5) is 14.5 Å². The fraction of sp³-hybridized carbons (Fsp3) is 0.333. The molecule has 0 aliphatic rings. The SMILES string of the molecule is COc1ccc(C(F)(F)CN)c([N+](=O)[O-])c1. The summed E-state index contributed by atoms with van der Waals surface area (Å²) >= 11 is 0. The van der Waals surface area contributed by atoms with E-state index in [2.05, 4.69) is 0 Å². The Hall–Kier alpha value is -1.76. The fourth-order valence-electron chi connectivity index (χ4n) is 1.21. The Labute approximate surface area is 90.0 Å². The Morgan fingerprint density at radius 2 is 2.19 bits per heavy atom. The van der Waals surface area contributed by atoms with Gasteiger partial charge in [-0.1, -0.05) is 0 Å². The van der Waals surface area contributed by atoms with Gasteiger partial charge in [-0.3, -0.25) is 10.1 Å². The van der Waals surface area contributed by atoms with Crippen LogP contribution in [0.2, 0.25) is 0 Å². The van der Waals surface area contributed by atoms with Gasteiger partial charge in [0.2, 0.25) is 0 Å². The van der Waals surface area contributed by atoms with Crippen molar-refractivity contribution in [2.24, 2.45) is 5.73 Å². The second-order valence-electron chi connectivity index (χ2n) is 3.05. The van der Waals surface area contributed by atoms with Gasteiger partial charge in [0.05, 0.1) is 24.6 Å². The minimum atomic E-state index is -3.42. The van der Waals surface area contributed by atoms with E-state index in [1.807, 2.05) is 0 Å². The lowest BCUT2D eigenvalue weighted by Crippen LogP contribution is -2.26. The summed E-state index contributed by atoms with van der Waals surface area (Å²) < 4.78 is 31.3. The van der Waals surface area contributed by atoms with Crippen LogP contribution in [0.1, 0.15) is 5.56 Å². The first-order chi connectivity index (χ1) is 7.42. The van der Waals surface area contributed by atoms with E-state index in [9.17, 15) is 18.9 Å². The van der Waals surface area contributed by atoms with E-state index in [4.69, 9.17) is 10.5 Å². The number of alkyl halides is 2. The van der Waals surface area contributed by atoms with Gasteiger partial charge < -0.3 is 10.5 Å². The van der Waals surface area contributed by atoms with E-state index >= 15 is 0 Å². The smallest absolute Gasteiger partial charge is 0.291 e. The van der Waals surface area contributed by atoms with Crippen molar-refractivity contribution in [3.8, 4) is 5.75 Å². The highest BCUT2D eigenvalue weighted by Gasteiger charge is 2.36. The monoisotopic (exact) mass is 232 g/mol. The first-order valence-electron chi connectivity index (χ1n) is 4.33. The molecule has 1 rings (SSSR count). The number of halogens is 2. The van der Waals surface area contributed by atoms with Gasteiger partial charge in [-0.25, -0.2) is 0 Å². The second-order valence-corrected chi connectivity index (χ2v) is 3.05. The molecular formula is C9H10F2N2O3. The molecule has 2 N–H and O–H groups in total. The maximum absolute atomic E-state index is 13.3. The van der Waals surface area contributed by atoms with Crippen LogP contribution in [0.25, 0.3) is 0 Å². The molecule has 0 heterocycles. The van der Waals surface area contributed by atoms with Crippen molar-refractivity contribution in [2.75, 3.05) is 13.7 Å². The summed E-state index contributed by atoms with van der Waals surface area (Å²) in [7, 11) is 1.29. The molecule has 1 aromatic carbocycles. The molecule has 5 nitrogen and oxygen atoms in total. The molecule has 0 aliphatic heterocycles. The van der Waals surface area contributed by atoms with Crippen LogP contribution in [-0.2, 0) is 5.92 Å². The molecule has 0 amide bonds. The molecular weight excluding hydrogens is 222 g/mol. The molecule has 0 radical (unpaired) electrons. The number of methoxy groups -OCH3 is 1. The molecule has 0 unspecified atom stereocenters. The van der Waals surface area contributed by atoms with Crippen molar-refractivity contribution in [1.82, 2.24) is 0 Å². The average molecular weight is 232 g/mol. The second kappa shape index (κ2) is 4.40. The molecule has 0 saturated heterocycles. The molecule has 0 aliphatic carbocycles. The lowest BCUT2D eigenvalue weighted by molar-refractivity contribution is -0.387. The Morgan fingerprint density at radius 1 is 1.56 bits per heavy atom. The maximum Gasteiger partial charge on any atom is 0.291 e.